The lowest BCUT2D eigenvalue weighted by atomic mass is 10.1. The number of ether oxygens (including phenoxy) is 2. The van der Waals surface area contributed by atoms with E-state index in [0.717, 1.165) is 25.7 Å². The highest BCUT2D eigenvalue weighted by Crippen LogP contribution is 2.09. The summed E-state index contributed by atoms with van der Waals surface area (Å²) in [6.45, 7) is 2.11. The molecule has 0 aromatic carbocycles. The van der Waals surface area contributed by atoms with E-state index in [4.69, 9.17) is 0 Å². The number of rotatable bonds is 7. The third-order valence-electron chi connectivity index (χ3n) is 2.21. The van der Waals surface area contributed by atoms with Crippen LogP contribution in [-0.4, -0.2) is 26.2 Å². The quantitative estimate of drug-likeness (QED) is 0.381. The number of carbonyl (C=O) groups excluding carboxylic acids is 2. The average Bonchev–Trinajstić information content (AvgIpc) is 2.31. The molecule has 0 unspecified atom stereocenters. The third kappa shape index (κ3) is 6.22. The second kappa shape index (κ2) is 8.95. The van der Waals surface area contributed by atoms with E-state index in [-0.39, 0.29) is 6.42 Å². The lowest BCUT2D eigenvalue weighted by molar-refractivity contribution is -0.143. The fourth-order valence-corrected chi connectivity index (χ4v) is 1.26. The Bertz CT molecular complexity index is 256. The Morgan fingerprint density at radius 2 is 1.81 bits per heavy atom. The van der Waals surface area contributed by atoms with E-state index < -0.39 is 11.9 Å². The largest absolute Gasteiger partial charge is 0.469 e. The van der Waals surface area contributed by atoms with Gasteiger partial charge < -0.3 is 9.47 Å². The maximum atomic E-state index is 11.3. The van der Waals surface area contributed by atoms with E-state index in [9.17, 15) is 9.59 Å². The first-order valence-electron chi connectivity index (χ1n) is 5.49. The molecule has 0 N–H and O–H groups in total. The van der Waals surface area contributed by atoms with Crippen LogP contribution in [0.25, 0.3) is 0 Å². The zero-order valence-corrected chi connectivity index (χ0v) is 10.2. The normalized spacial score (nSPS) is 11.1. The number of hydrogen-bond acceptors (Lipinski definition) is 4. The molecule has 16 heavy (non-hydrogen) atoms. The molecule has 0 aromatic rings. The minimum absolute atomic E-state index is 0.0186. The van der Waals surface area contributed by atoms with Crippen molar-refractivity contribution < 1.29 is 19.1 Å². The molecule has 0 aromatic heterocycles. The van der Waals surface area contributed by atoms with Crippen molar-refractivity contribution >= 4 is 11.9 Å². The molecule has 0 atom stereocenters. The molecule has 0 aliphatic heterocycles. The lowest BCUT2D eigenvalue weighted by Crippen LogP contribution is -2.11. The minimum atomic E-state index is -0.457. The third-order valence-corrected chi connectivity index (χ3v) is 2.21. The van der Waals surface area contributed by atoms with Crippen molar-refractivity contribution in [1.82, 2.24) is 0 Å². The number of unbranched alkanes of at least 4 members (excludes halogenated alkanes) is 3. The highest BCUT2D eigenvalue weighted by atomic mass is 16.5. The van der Waals surface area contributed by atoms with Crippen LogP contribution in [0.3, 0.4) is 0 Å². The monoisotopic (exact) mass is 228 g/mol. The summed E-state index contributed by atoms with van der Waals surface area (Å²) < 4.78 is 9.12. The molecule has 0 aliphatic rings. The molecule has 0 rings (SSSR count). The van der Waals surface area contributed by atoms with Gasteiger partial charge in [0.2, 0.25) is 0 Å². The van der Waals surface area contributed by atoms with Gasteiger partial charge in [-0.1, -0.05) is 25.8 Å². The first kappa shape index (κ1) is 14.7. The van der Waals surface area contributed by atoms with E-state index in [2.05, 4.69) is 16.4 Å². The molecule has 0 radical (unpaired) electrons. The van der Waals surface area contributed by atoms with Crippen molar-refractivity contribution in [2.75, 3.05) is 14.2 Å². The van der Waals surface area contributed by atoms with E-state index in [1.165, 1.54) is 14.2 Å². The number of hydrogen-bond donors (Lipinski definition) is 0. The molecule has 0 spiro atoms. The van der Waals surface area contributed by atoms with Crippen LogP contribution in [0, 0.1) is 0 Å². The summed E-state index contributed by atoms with van der Waals surface area (Å²) in [4.78, 5) is 22.4. The molecule has 0 heterocycles. The van der Waals surface area contributed by atoms with Gasteiger partial charge in [-0.25, -0.2) is 4.79 Å². The average molecular weight is 228 g/mol. The van der Waals surface area contributed by atoms with Gasteiger partial charge in [0.1, 0.15) is 0 Å². The molecule has 0 saturated carbocycles. The molecule has 4 heteroatoms. The summed E-state index contributed by atoms with van der Waals surface area (Å²) in [6.07, 6.45) is 5.78. The summed E-state index contributed by atoms with van der Waals surface area (Å²) in [5, 5.41) is 0. The second-order valence-electron chi connectivity index (χ2n) is 3.47. The van der Waals surface area contributed by atoms with Gasteiger partial charge in [-0.15, -0.1) is 0 Å². The van der Waals surface area contributed by atoms with Crippen LogP contribution >= 0.6 is 0 Å². The van der Waals surface area contributed by atoms with E-state index in [1.54, 1.807) is 6.08 Å². The molecule has 92 valence electrons. The van der Waals surface area contributed by atoms with Crippen LogP contribution in [0.4, 0.5) is 0 Å². The van der Waals surface area contributed by atoms with Gasteiger partial charge >= 0.3 is 11.9 Å². The first-order valence-corrected chi connectivity index (χ1v) is 5.49. The van der Waals surface area contributed by atoms with E-state index in [1.807, 2.05) is 0 Å². The molecule has 0 amide bonds. The summed E-state index contributed by atoms with van der Waals surface area (Å²) >= 11 is 0. The molecule has 0 saturated heterocycles. The van der Waals surface area contributed by atoms with Gasteiger partial charge in [0.15, 0.2) is 0 Å². The maximum Gasteiger partial charge on any atom is 0.333 e. The molecule has 0 aliphatic carbocycles. The Kier molecular flexibility index (Phi) is 8.21. The Hall–Kier alpha value is -1.32. The number of esters is 2. The van der Waals surface area contributed by atoms with Crippen molar-refractivity contribution in [1.29, 1.82) is 0 Å². The van der Waals surface area contributed by atoms with Crippen LogP contribution < -0.4 is 0 Å². The summed E-state index contributed by atoms with van der Waals surface area (Å²) in [5.74, 6) is -0.881. The smallest absolute Gasteiger partial charge is 0.333 e. The predicted molar refractivity (Wildman–Crippen MR) is 60.9 cm³/mol. The Morgan fingerprint density at radius 3 is 2.31 bits per heavy atom. The predicted octanol–water partition coefficient (Wildman–Crippen LogP) is 2.23. The van der Waals surface area contributed by atoms with Gasteiger partial charge in [0.05, 0.1) is 20.6 Å². The summed E-state index contributed by atoms with van der Waals surface area (Å²) in [7, 11) is 2.60. The highest BCUT2D eigenvalue weighted by molar-refractivity contribution is 5.93. The lowest BCUT2D eigenvalue weighted by Gasteiger charge is -2.04. The topological polar surface area (TPSA) is 52.6 Å². The molecule has 4 nitrogen and oxygen atoms in total. The Labute approximate surface area is 96.6 Å². The van der Waals surface area contributed by atoms with Gasteiger partial charge in [0, 0.05) is 5.57 Å². The van der Waals surface area contributed by atoms with Gasteiger partial charge in [-0.3, -0.25) is 4.79 Å². The molecular formula is C12H20O4. The van der Waals surface area contributed by atoms with Crippen LogP contribution in [0.1, 0.15) is 39.0 Å². The molecular weight excluding hydrogens is 208 g/mol. The zero-order chi connectivity index (χ0) is 12.4. The minimum Gasteiger partial charge on any atom is -0.469 e. The van der Waals surface area contributed by atoms with E-state index in [0.29, 0.717) is 5.57 Å². The fourth-order valence-electron chi connectivity index (χ4n) is 1.26. The van der Waals surface area contributed by atoms with Crippen LogP contribution in [0.15, 0.2) is 11.6 Å². The number of methoxy groups -OCH3 is 2. The highest BCUT2D eigenvalue weighted by Gasteiger charge is 2.13. The van der Waals surface area contributed by atoms with Crippen molar-refractivity contribution in [2.24, 2.45) is 0 Å². The standard InChI is InChI=1S/C12H20O4/c1-4-5-6-7-8-10(12(14)16-3)9-11(13)15-2/h8H,4-7,9H2,1-3H3/b10-8+. The van der Waals surface area contributed by atoms with Crippen LogP contribution in [0.5, 0.6) is 0 Å². The maximum absolute atomic E-state index is 11.3. The zero-order valence-electron chi connectivity index (χ0n) is 10.2. The van der Waals surface area contributed by atoms with Gasteiger partial charge in [-0.2, -0.15) is 0 Å². The Morgan fingerprint density at radius 1 is 1.12 bits per heavy atom. The molecule has 0 fully saturated rings. The van der Waals surface area contributed by atoms with Crippen molar-refractivity contribution in [3.8, 4) is 0 Å². The number of carbonyl (C=O) groups is 2. The van der Waals surface area contributed by atoms with Crippen molar-refractivity contribution in [2.45, 2.75) is 39.0 Å². The number of allylic oxidation sites excluding steroid dienone is 1. The van der Waals surface area contributed by atoms with Crippen LogP contribution in [-0.2, 0) is 19.1 Å². The van der Waals surface area contributed by atoms with Crippen molar-refractivity contribution in [3.63, 3.8) is 0 Å². The molecule has 0 bridgehead atoms. The van der Waals surface area contributed by atoms with E-state index >= 15 is 0 Å². The first-order chi connectivity index (χ1) is 7.65. The van der Waals surface area contributed by atoms with Crippen LogP contribution in [0.2, 0.25) is 0 Å². The SMILES string of the molecule is CCCCC/C=C(\CC(=O)OC)C(=O)OC. The second-order valence-corrected chi connectivity index (χ2v) is 3.47. The van der Waals surface area contributed by atoms with Gasteiger partial charge in [-0.05, 0) is 12.8 Å². The van der Waals surface area contributed by atoms with Gasteiger partial charge in [0.25, 0.3) is 0 Å². The summed E-state index contributed by atoms with van der Waals surface area (Å²) in [5.41, 5.74) is 0.380. The fraction of sp³-hybridized carbons (Fsp3) is 0.667. The summed E-state index contributed by atoms with van der Waals surface area (Å²) in [6, 6.07) is 0. The Balaban J connectivity index is 4.30. The van der Waals surface area contributed by atoms with Crippen molar-refractivity contribution in [3.05, 3.63) is 11.6 Å².